The van der Waals surface area contributed by atoms with Crippen LogP contribution in [0.25, 0.3) is 0 Å². The van der Waals surface area contributed by atoms with Gasteiger partial charge in [-0.2, -0.15) is 0 Å². The number of rotatable bonds is 8. The fourth-order valence-electron chi connectivity index (χ4n) is 2.86. The lowest BCUT2D eigenvalue weighted by atomic mass is 10.1. The van der Waals surface area contributed by atoms with Gasteiger partial charge >= 0.3 is 7.60 Å². The zero-order valence-corrected chi connectivity index (χ0v) is 18.8. The lowest BCUT2D eigenvalue weighted by molar-refractivity contribution is -0.203. The Morgan fingerprint density at radius 2 is 1.69 bits per heavy atom. The van der Waals surface area contributed by atoms with E-state index in [0.29, 0.717) is 10.6 Å². The van der Waals surface area contributed by atoms with Crippen molar-refractivity contribution in [1.82, 2.24) is 5.06 Å². The summed E-state index contributed by atoms with van der Waals surface area (Å²) in [6.45, 7) is 5.12. The van der Waals surface area contributed by atoms with Crippen molar-refractivity contribution in [2.45, 2.75) is 39.0 Å². The summed E-state index contributed by atoms with van der Waals surface area (Å²) >= 11 is 11.9. The second kappa shape index (κ2) is 10.1. The molecule has 2 unspecified atom stereocenters. The minimum atomic E-state index is -4.51. The van der Waals surface area contributed by atoms with Crippen LogP contribution in [0.4, 0.5) is 0 Å². The molecule has 0 aliphatic heterocycles. The molecule has 2 aromatic carbocycles. The van der Waals surface area contributed by atoms with Crippen molar-refractivity contribution in [1.29, 1.82) is 0 Å². The first-order valence-corrected chi connectivity index (χ1v) is 11.4. The molecule has 2 aromatic rings. The number of aryl methyl sites for hydroxylation is 1. The number of carbonyl (C=O) groups is 1. The smallest absolute Gasteiger partial charge is 0.324 e. The van der Waals surface area contributed by atoms with Gasteiger partial charge in [-0.1, -0.05) is 59.1 Å². The maximum absolute atomic E-state index is 12.1. The molecule has 2 atom stereocenters. The van der Waals surface area contributed by atoms with Crippen molar-refractivity contribution in [3.63, 3.8) is 0 Å². The van der Waals surface area contributed by atoms with Crippen LogP contribution in [0.3, 0.4) is 0 Å². The van der Waals surface area contributed by atoms with Crippen LogP contribution < -0.4 is 0 Å². The largest absolute Gasteiger partial charge is 0.333 e. The van der Waals surface area contributed by atoms with Crippen molar-refractivity contribution in [3.8, 4) is 0 Å². The fourth-order valence-corrected chi connectivity index (χ4v) is 4.17. The Morgan fingerprint density at radius 3 is 2.21 bits per heavy atom. The van der Waals surface area contributed by atoms with E-state index in [1.807, 2.05) is 31.2 Å². The summed E-state index contributed by atoms with van der Waals surface area (Å²) in [5.41, 5.74) is 1.20. The van der Waals surface area contributed by atoms with Crippen molar-refractivity contribution in [2.75, 3.05) is 6.54 Å². The van der Waals surface area contributed by atoms with E-state index >= 15 is 0 Å². The molecule has 0 heterocycles. The molecule has 158 valence electrons. The van der Waals surface area contributed by atoms with E-state index in [1.54, 1.807) is 6.92 Å². The van der Waals surface area contributed by atoms with E-state index in [0.717, 1.165) is 16.2 Å². The van der Waals surface area contributed by atoms with Crippen molar-refractivity contribution >= 4 is 36.7 Å². The number of amides is 1. The van der Waals surface area contributed by atoms with Gasteiger partial charge in [0.25, 0.3) is 0 Å². The predicted octanol–water partition coefficient (Wildman–Crippen LogP) is 5.45. The first-order chi connectivity index (χ1) is 13.5. The molecule has 0 saturated heterocycles. The first kappa shape index (κ1) is 23.9. The van der Waals surface area contributed by atoms with Gasteiger partial charge in [0.05, 0.1) is 15.7 Å². The Balaban J connectivity index is 2.15. The molecule has 0 aliphatic carbocycles. The number of halogens is 2. The van der Waals surface area contributed by atoms with Gasteiger partial charge in [-0.3, -0.25) is 14.2 Å². The number of hydrogen-bond acceptors (Lipinski definition) is 3. The van der Waals surface area contributed by atoms with E-state index in [4.69, 9.17) is 28.0 Å². The molecule has 6 nitrogen and oxygen atoms in total. The molecule has 2 N–H and O–H groups in total. The third kappa shape index (κ3) is 6.82. The standard InChI is InChI=1S/C20H24Cl2NO5P/c1-13-4-6-16(7-5-13)14(2)28-23(15(3)24)11-10-20(29(25,26)27)17-8-9-18(21)19(22)12-17/h4-9,12,14,20H,10-11H2,1-3H3,(H2,25,26,27). The SMILES string of the molecule is CC(=O)N(CCC(c1ccc(Cl)c(Cl)c1)P(=O)(O)O)OC(C)c1ccc(C)cc1. The van der Waals surface area contributed by atoms with Crippen LogP contribution in [0.15, 0.2) is 42.5 Å². The molecule has 0 bridgehead atoms. The highest BCUT2D eigenvalue weighted by molar-refractivity contribution is 7.52. The van der Waals surface area contributed by atoms with Gasteiger partial charge in [-0.05, 0) is 43.5 Å². The molecule has 29 heavy (non-hydrogen) atoms. The second-order valence-electron chi connectivity index (χ2n) is 6.85. The van der Waals surface area contributed by atoms with E-state index in [-0.39, 0.29) is 23.9 Å². The van der Waals surface area contributed by atoms with Crippen LogP contribution in [0, 0.1) is 6.92 Å². The van der Waals surface area contributed by atoms with Crippen LogP contribution in [0.2, 0.25) is 10.0 Å². The molecule has 0 aromatic heterocycles. The average molecular weight is 460 g/mol. The second-order valence-corrected chi connectivity index (χ2v) is 9.46. The fraction of sp³-hybridized carbons (Fsp3) is 0.350. The lowest BCUT2D eigenvalue weighted by Crippen LogP contribution is -2.32. The number of benzene rings is 2. The van der Waals surface area contributed by atoms with E-state index in [9.17, 15) is 19.1 Å². The third-order valence-electron chi connectivity index (χ3n) is 4.52. The zero-order chi connectivity index (χ0) is 21.8. The Morgan fingerprint density at radius 1 is 1.10 bits per heavy atom. The number of hydroxylamine groups is 2. The first-order valence-electron chi connectivity index (χ1n) is 9.00. The summed E-state index contributed by atoms with van der Waals surface area (Å²) in [5.74, 6) is -0.359. The summed E-state index contributed by atoms with van der Waals surface area (Å²) < 4.78 is 12.1. The number of carbonyl (C=O) groups excluding carboxylic acids is 1. The third-order valence-corrected chi connectivity index (χ3v) is 6.63. The predicted molar refractivity (Wildman–Crippen MR) is 114 cm³/mol. The van der Waals surface area contributed by atoms with Gasteiger partial charge in [-0.15, -0.1) is 0 Å². The average Bonchev–Trinajstić information content (AvgIpc) is 2.63. The van der Waals surface area contributed by atoms with Gasteiger partial charge in [0.15, 0.2) is 0 Å². The van der Waals surface area contributed by atoms with Gasteiger partial charge in [0.2, 0.25) is 5.91 Å². The molecule has 0 fully saturated rings. The van der Waals surface area contributed by atoms with Crippen molar-refractivity contribution < 1.29 is 24.0 Å². The van der Waals surface area contributed by atoms with E-state index < -0.39 is 19.4 Å². The van der Waals surface area contributed by atoms with Crippen molar-refractivity contribution in [3.05, 3.63) is 69.2 Å². The monoisotopic (exact) mass is 459 g/mol. The van der Waals surface area contributed by atoms with E-state index in [1.165, 1.54) is 25.1 Å². The summed E-state index contributed by atoms with van der Waals surface area (Å²) in [5, 5.41) is 1.63. The minimum Gasteiger partial charge on any atom is -0.324 e. The Labute approximate surface area is 180 Å². The molecule has 0 aliphatic rings. The summed E-state index contributed by atoms with van der Waals surface area (Å²) in [4.78, 5) is 37.4. The maximum Gasteiger partial charge on any atom is 0.333 e. The molecule has 0 saturated carbocycles. The van der Waals surface area contributed by atoms with Crippen molar-refractivity contribution in [2.24, 2.45) is 0 Å². The minimum absolute atomic E-state index is 0.00154. The highest BCUT2D eigenvalue weighted by Gasteiger charge is 2.32. The Bertz CT molecular complexity index is 900. The normalized spacial score (nSPS) is 13.8. The molecular formula is C20H24Cl2NO5P. The van der Waals surface area contributed by atoms with E-state index in [2.05, 4.69) is 0 Å². The molecule has 2 rings (SSSR count). The lowest BCUT2D eigenvalue weighted by Gasteiger charge is -2.27. The zero-order valence-electron chi connectivity index (χ0n) is 16.4. The highest BCUT2D eigenvalue weighted by Crippen LogP contribution is 2.54. The van der Waals surface area contributed by atoms with Gasteiger partial charge < -0.3 is 9.79 Å². The molecule has 0 spiro atoms. The quantitative estimate of drug-likeness (QED) is 0.404. The number of nitrogens with zero attached hydrogens (tertiary/aromatic N) is 1. The summed E-state index contributed by atoms with van der Waals surface area (Å²) in [6.07, 6.45) is -0.416. The van der Waals surface area contributed by atoms with Gasteiger partial charge in [0, 0.05) is 13.5 Å². The summed E-state index contributed by atoms with van der Waals surface area (Å²) in [7, 11) is -4.51. The molecule has 1 amide bonds. The Kier molecular flexibility index (Phi) is 8.29. The maximum atomic E-state index is 12.1. The van der Waals surface area contributed by atoms with Crippen LogP contribution in [-0.4, -0.2) is 27.3 Å². The van der Waals surface area contributed by atoms with Crippen LogP contribution in [-0.2, 0) is 14.2 Å². The molecule has 9 heteroatoms. The number of hydrogen-bond donors (Lipinski definition) is 2. The van der Waals surface area contributed by atoms with Crippen LogP contribution >= 0.6 is 30.8 Å². The Hall–Kier alpha value is -1.40. The molecule has 0 radical (unpaired) electrons. The van der Waals surface area contributed by atoms with Crippen LogP contribution in [0.5, 0.6) is 0 Å². The topological polar surface area (TPSA) is 87.1 Å². The summed E-state index contributed by atoms with van der Waals surface area (Å²) in [6, 6.07) is 12.1. The van der Waals surface area contributed by atoms with Gasteiger partial charge in [-0.25, -0.2) is 5.06 Å². The van der Waals surface area contributed by atoms with Gasteiger partial charge in [0.1, 0.15) is 6.10 Å². The molecular weight excluding hydrogens is 436 g/mol. The van der Waals surface area contributed by atoms with Crippen LogP contribution in [0.1, 0.15) is 48.7 Å². The highest BCUT2D eigenvalue weighted by atomic mass is 35.5.